The van der Waals surface area contributed by atoms with Crippen LogP contribution in [0.2, 0.25) is 0 Å². The van der Waals surface area contributed by atoms with Crippen LogP contribution >= 0.6 is 23.6 Å². The van der Waals surface area contributed by atoms with Gasteiger partial charge in [0.1, 0.15) is 6.04 Å². The van der Waals surface area contributed by atoms with Crippen LogP contribution in [0.3, 0.4) is 0 Å². The van der Waals surface area contributed by atoms with Gasteiger partial charge in [0.15, 0.2) is 5.11 Å². The Balaban J connectivity index is 1.57. The number of alkyl halides is 3. The van der Waals surface area contributed by atoms with Crippen LogP contribution in [0.15, 0.2) is 60.1 Å². The Morgan fingerprint density at radius 2 is 1.85 bits per heavy atom. The summed E-state index contributed by atoms with van der Waals surface area (Å²) in [5.74, 6) is 0. The molecule has 27 heavy (non-hydrogen) atoms. The highest BCUT2D eigenvalue weighted by atomic mass is 32.1. The molecule has 0 saturated carbocycles. The van der Waals surface area contributed by atoms with Crippen LogP contribution in [0.1, 0.15) is 22.2 Å². The second kappa shape index (κ2) is 7.01. The number of aromatic nitrogens is 1. The maximum atomic E-state index is 12.7. The largest absolute Gasteiger partial charge is 0.416 e. The highest BCUT2D eigenvalue weighted by Gasteiger charge is 2.32. The molecule has 8 heteroatoms. The van der Waals surface area contributed by atoms with E-state index in [-0.39, 0.29) is 6.04 Å². The van der Waals surface area contributed by atoms with Crippen LogP contribution in [-0.4, -0.2) is 21.1 Å². The van der Waals surface area contributed by atoms with Crippen molar-refractivity contribution < 1.29 is 13.2 Å². The van der Waals surface area contributed by atoms with Crippen LogP contribution < -0.4 is 5.32 Å². The Hall–Kier alpha value is -2.32. The van der Waals surface area contributed by atoms with Crippen molar-refractivity contribution in [3.8, 4) is 0 Å². The zero-order chi connectivity index (χ0) is 19.0. The molecule has 1 aliphatic heterocycles. The second-order valence-corrected chi connectivity index (χ2v) is 7.61. The van der Waals surface area contributed by atoms with Gasteiger partial charge in [0.25, 0.3) is 0 Å². The molecule has 0 saturated heterocycles. The minimum Gasteiger partial charge on any atom is -0.347 e. The molecule has 1 atom stereocenters. The Kier molecular flexibility index (Phi) is 4.69. The third-order valence-corrected chi connectivity index (χ3v) is 5.84. The molecule has 0 aliphatic carbocycles. The molecule has 1 N–H and O–H groups in total. The first-order valence-corrected chi connectivity index (χ1v) is 9.65. The Morgan fingerprint density at radius 3 is 2.52 bits per heavy atom. The average Bonchev–Trinajstić information content (AvgIpc) is 3.32. The average molecular weight is 407 g/mol. The van der Waals surface area contributed by atoms with Gasteiger partial charge >= 0.3 is 6.18 Å². The van der Waals surface area contributed by atoms with Gasteiger partial charge in [0.2, 0.25) is 0 Å². The van der Waals surface area contributed by atoms with E-state index in [9.17, 15) is 13.2 Å². The highest BCUT2D eigenvalue weighted by molar-refractivity contribution is 7.80. The van der Waals surface area contributed by atoms with Gasteiger partial charge in [-0.2, -0.15) is 13.2 Å². The normalized spacial score (nSPS) is 16.9. The number of hydrogen-bond donors (Lipinski definition) is 1. The van der Waals surface area contributed by atoms with Crippen molar-refractivity contribution in [3.05, 3.63) is 76.2 Å². The van der Waals surface area contributed by atoms with E-state index in [0.717, 1.165) is 30.9 Å². The SMILES string of the molecule is FC(F)(F)c1ccc(NC(=S)N2CCn3cccc3[C@@H]2c2cccs2)cc1. The minimum absolute atomic E-state index is 0.0109. The summed E-state index contributed by atoms with van der Waals surface area (Å²) in [6.07, 6.45) is -2.29. The maximum Gasteiger partial charge on any atom is 0.416 e. The Morgan fingerprint density at radius 1 is 1.07 bits per heavy atom. The summed E-state index contributed by atoms with van der Waals surface area (Å²) in [6.45, 7) is 1.52. The van der Waals surface area contributed by atoms with Gasteiger partial charge in [-0.1, -0.05) is 6.07 Å². The number of thiophene rings is 1. The maximum absolute atomic E-state index is 12.7. The summed E-state index contributed by atoms with van der Waals surface area (Å²) in [4.78, 5) is 3.26. The molecule has 3 heterocycles. The monoisotopic (exact) mass is 407 g/mol. The lowest BCUT2D eigenvalue weighted by atomic mass is 10.1. The summed E-state index contributed by atoms with van der Waals surface area (Å²) in [6, 6.07) is 13.1. The van der Waals surface area contributed by atoms with Crippen LogP contribution in [0.5, 0.6) is 0 Å². The highest BCUT2D eigenvalue weighted by Crippen LogP contribution is 2.35. The summed E-state index contributed by atoms with van der Waals surface area (Å²) >= 11 is 7.27. The Labute approximate surface area is 164 Å². The standard InChI is InChI=1S/C19H16F3N3S2/c20-19(21,22)13-5-7-14(8-6-13)23-18(26)25-11-10-24-9-1-3-15(24)17(25)16-4-2-12-27-16/h1-9,12,17H,10-11H2,(H,23,26)/t17-/m1/s1. The number of hydrogen-bond acceptors (Lipinski definition) is 2. The molecule has 1 aliphatic rings. The fraction of sp³-hybridized carbons (Fsp3) is 0.211. The molecule has 0 radical (unpaired) electrons. The molecular weight excluding hydrogens is 391 g/mol. The van der Waals surface area contributed by atoms with Gasteiger partial charge < -0.3 is 14.8 Å². The van der Waals surface area contributed by atoms with Gasteiger partial charge in [-0.25, -0.2) is 0 Å². The lowest BCUT2D eigenvalue weighted by molar-refractivity contribution is -0.137. The van der Waals surface area contributed by atoms with E-state index in [1.807, 2.05) is 17.5 Å². The van der Waals surface area contributed by atoms with E-state index in [1.165, 1.54) is 17.0 Å². The topological polar surface area (TPSA) is 20.2 Å². The third-order valence-electron chi connectivity index (χ3n) is 4.58. The van der Waals surface area contributed by atoms with Crippen LogP contribution in [-0.2, 0) is 12.7 Å². The smallest absolute Gasteiger partial charge is 0.347 e. The number of nitrogens with zero attached hydrogens (tertiary/aromatic N) is 2. The van der Waals surface area contributed by atoms with Crippen LogP contribution in [0.25, 0.3) is 0 Å². The Bertz CT molecular complexity index is 930. The van der Waals surface area contributed by atoms with Crippen molar-refractivity contribution in [3.63, 3.8) is 0 Å². The molecule has 0 spiro atoms. The summed E-state index contributed by atoms with van der Waals surface area (Å²) in [5, 5.41) is 5.62. The van der Waals surface area contributed by atoms with E-state index in [0.29, 0.717) is 10.8 Å². The molecule has 3 nitrogen and oxygen atoms in total. The van der Waals surface area contributed by atoms with Gasteiger partial charge in [-0.05, 0) is 60.1 Å². The van der Waals surface area contributed by atoms with Crippen molar-refractivity contribution in [2.45, 2.75) is 18.8 Å². The minimum atomic E-state index is -4.35. The first-order chi connectivity index (χ1) is 12.9. The molecule has 0 fully saturated rings. The van der Waals surface area contributed by atoms with Crippen molar-refractivity contribution >= 4 is 34.4 Å². The fourth-order valence-corrected chi connectivity index (χ4v) is 4.45. The quantitative estimate of drug-likeness (QED) is 0.577. The number of halogens is 3. The van der Waals surface area contributed by atoms with Crippen LogP contribution in [0, 0.1) is 0 Å². The fourth-order valence-electron chi connectivity index (χ4n) is 3.29. The van der Waals surface area contributed by atoms with E-state index >= 15 is 0 Å². The third kappa shape index (κ3) is 3.59. The molecule has 0 amide bonds. The first-order valence-electron chi connectivity index (χ1n) is 8.37. The summed E-state index contributed by atoms with van der Waals surface area (Å²) in [5.41, 5.74) is 1.02. The second-order valence-electron chi connectivity index (χ2n) is 6.24. The predicted molar refractivity (Wildman–Crippen MR) is 105 cm³/mol. The molecule has 0 bridgehead atoms. The van der Waals surface area contributed by atoms with Gasteiger partial charge in [0, 0.05) is 35.5 Å². The van der Waals surface area contributed by atoms with Crippen LogP contribution in [0.4, 0.5) is 18.9 Å². The lowest BCUT2D eigenvalue weighted by Crippen LogP contribution is -2.44. The zero-order valence-electron chi connectivity index (χ0n) is 14.1. The van der Waals surface area contributed by atoms with E-state index in [1.54, 1.807) is 11.3 Å². The van der Waals surface area contributed by atoms with Gasteiger partial charge in [0.05, 0.1) is 5.56 Å². The zero-order valence-corrected chi connectivity index (χ0v) is 15.7. The van der Waals surface area contributed by atoms with Crippen molar-refractivity contribution in [2.24, 2.45) is 0 Å². The predicted octanol–water partition coefficient (Wildman–Crippen LogP) is 5.37. The van der Waals surface area contributed by atoms with Crippen molar-refractivity contribution in [2.75, 3.05) is 11.9 Å². The molecule has 140 valence electrons. The molecule has 2 aromatic heterocycles. The molecule has 3 aromatic rings. The summed E-state index contributed by atoms with van der Waals surface area (Å²) < 4.78 is 40.4. The first kappa shape index (κ1) is 18.1. The molecule has 1 aromatic carbocycles. The number of nitrogens with one attached hydrogen (secondary N) is 1. The number of fused-ring (bicyclic) bond motifs is 1. The van der Waals surface area contributed by atoms with E-state index in [4.69, 9.17) is 12.2 Å². The lowest BCUT2D eigenvalue weighted by Gasteiger charge is -2.38. The summed E-state index contributed by atoms with van der Waals surface area (Å²) in [7, 11) is 0. The van der Waals surface area contributed by atoms with E-state index < -0.39 is 11.7 Å². The van der Waals surface area contributed by atoms with Gasteiger partial charge in [-0.3, -0.25) is 0 Å². The van der Waals surface area contributed by atoms with Crippen molar-refractivity contribution in [1.82, 2.24) is 9.47 Å². The molecule has 0 unspecified atom stereocenters. The van der Waals surface area contributed by atoms with E-state index in [2.05, 4.69) is 33.1 Å². The molecular formula is C19H16F3N3S2. The number of thiocarbonyl (C=S) groups is 1. The number of rotatable bonds is 2. The van der Waals surface area contributed by atoms with Gasteiger partial charge in [-0.15, -0.1) is 11.3 Å². The number of benzene rings is 1. The van der Waals surface area contributed by atoms with Crippen molar-refractivity contribution in [1.29, 1.82) is 0 Å². The number of anilines is 1. The molecule has 4 rings (SSSR count).